The van der Waals surface area contributed by atoms with Crippen molar-refractivity contribution in [1.29, 1.82) is 0 Å². The third-order valence-corrected chi connectivity index (χ3v) is 6.34. The first-order valence-electron chi connectivity index (χ1n) is 6.33. The molecule has 0 bridgehead atoms. The zero-order valence-corrected chi connectivity index (χ0v) is 14.8. The molecule has 0 saturated carbocycles. The van der Waals surface area contributed by atoms with E-state index in [4.69, 9.17) is 5.73 Å². The van der Waals surface area contributed by atoms with Gasteiger partial charge in [-0.15, -0.1) is 10.2 Å². The number of nitrogens with one attached hydrogen (secondary N) is 1. The highest BCUT2D eigenvalue weighted by atomic mass is 32.2. The zero-order valence-electron chi connectivity index (χ0n) is 12.4. The van der Waals surface area contributed by atoms with Crippen molar-refractivity contribution >= 4 is 49.8 Å². The van der Waals surface area contributed by atoms with Crippen LogP contribution in [0.15, 0.2) is 33.5 Å². The van der Waals surface area contributed by atoms with Gasteiger partial charge >= 0.3 is 0 Å². The van der Waals surface area contributed by atoms with Gasteiger partial charge in [0.15, 0.2) is 4.34 Å². The van der Waals surface area contributed by atoms with Crippen molar-refractivity contribution in [3.05, 3.63) is 24.3 Å². The Labute approximate surface area is 142 Å². The van der Waals surface area contributed by atoms with E-state index in [1.165, 1.54) is 49.3 Å². The van der Waals surface area contributed by atoms with Gasteiger partial charge in [0.2, 0.25) is 21.1 Å². The Morgan fingerprint density at radius 3 is 2.74 bits per heavy atom. The molecule has 2 aromatic rings. The largest absolute Gasteiger partial charge is 0.374 e. The Balaban J connectivity index is 2.01. The lowest BCUT2D eigenvalue weighted by Crippen LogP contribution is -2.22. The molecule has 124 valence electrons. The Bertz CT molecular complexity index is 804. The molecule has 11 heteroatoms. The number of benzene rings is 1. The lowest BCUT2D eigenvalue weighted by atomic mass is 10.3. The number of carbonyl (C=O) groups excluding carboxylic acids is 1. The summed E-state index contributed by atoms with van der Waals surface area (Å²) in [5, 5.41) is 10.5. The molecule has 1 aromatic carbocycles. The molecule has 2 rings (SSSR count). The van der Waals surface area contributed by atoms with Gasteiger partial charge in [-0.1, -0.05) is 29.2 Å². The van der Waals surface area contributed by atoms with E-state index >= 15 is 0 Å². The fraction of sp³-hybridized carbons (Fsp3) is 0.250. The molecule has 0 fully saturated rings. The molecular weight excluding hydrogens is 358 g/mol. The number of hydrogen-bond donors (Lipinski definition) is 2. The van der Waals surface area contributed by atoms with Crippen molar-refractivity contribution in [1.82, 2.24) is 14.5 Å². The summed E-state index contributed by atoms with van der Waals surface area (Å²) in [5.41, 5.74) is 5.87. The van der Waals surface area contributed by atoms with Crippen LogP contribution in [0.5, 0.6) is 0 Å². The minimum atomic E-state index is -3.54. The third-order valence-electron chi connectivity index (χ3n) is 2.65. The molecule has 0 spiro atoms. The summed E-state index contributed by atoms with van der Waals surface area (Å²) in [6.07, 6.45) is 0. The average molecular weight is 373 g/mol. The van der Waals surface area contributed by atoms with Gasteiger partial charge in [-0.05, 0) is 18.2 Å². The number of anilines is 2. The standard InChI is InChI=1S/C12H15N5O3S3/c1-17(2)23(19,20)9-5-3-4-8(6-9)14-10(18)7-21-12-16-15-11(13)22-12/h3-6H,7H2,1-2H3,(H2,13,15)(H,14,18). The summed E-state index contributed by atoms with van der Waals surface area (Å²) < 4.78 is 25.8. The summed E-state index contributed by atoms with van der Waals surface area (Å²) in [5.74, 6) is -0.151. The van der Waals surface area contributed by atoms with E-state index < -0.39 is 10.0 Å². The predicted molar refractivity (Wildman–Crippen MR) is 91.0 cm³/mol. The molecule has 0 radical (unpaired) electrons. The third kappa shape index (κ3) is 4.64. The van der Waals surface area contributed by atoms with Gasteiger partial charge in [0.1, 0.15) is 0 Å². The molecule has 8 nitrogen and oxygen atoms in total. The molecule has 0 aliphatic rings. The highest BCUT2D eigenvalue weighted by molar-refractivity contribution is 8.01. The van der Waals surface area contributed by atoms with Crippen LogP contribution in [0.2, 0.25) is 0 Å². The number of nitrogens with zero attached hydrogens (tertiary/aromatic N) is 3. The quantitative estimate of drug-likeness (QED) is 0.728. The molecule has 0 atom stereocenters. The fourth-order valence-electron chi connectivity index (χ4n) is 1.55. The number of nitrogen functional groups attached to an aromatic ring is 1. The van der Waals surface area contributed by atoms with Crippen molar-refractivity contribution < 1.29 is 13.2 Å². The molecule has 1 amide bonds. The molecule has 0 unspecified atom stereocenters. The van der Waals surface area contributed by atoms with E-state index in [0.717, 1.165) is 4.31 Å². The summed E-state index contributed by atoms with van der Waals surface area (Å²) in [6.45, 7) is 0. The number of thioether (sulfide) groups is 1. The maximum absolute atomic E-state index is 12.1. The molecule has 1 aromatic heterocycles. The minimum absolute atomic E-state index is 0.116. The first-order valence-corrected chi connectivity index (χ1v) is 9.57. The lowest BCUT2D eigenvalue weighted by molar-refractivity contribution is -0.113. The van der Waals surface area contributed by atoms with Crippen LogP contribution in [0, 0.1) is 0 Å². The Kier molecular flexibility index (Phi) is 5.57. The first kappa shape index (κ1) is 17.7. The van der Waals surface area contributed by atoms with Crippen molar-refractivity contribution in [2.45, 2.75) is 9.24 Å². The number of amides is 1. The van der Waals surface area contributed by atoms with Crippen LogP contribution in [0.4, 0.5) is 10.8 Å². The Morgan fingerprint density at radius 1 is 1.39 bits per heavy atom. The number of hydrogen-bond acceptors (Lipinski definition) is 8. The van der Waals surface area contributed by atoms with Crippen LogP contribution in [0.25, 0.3) is 0 Å². The van der Waals surface area contributed by atoms with Gasteiger partial charge < -0.3 is 11.1 Å². The number of aromatic nitrogens is 2. The van der Waals surface area contributed by atoms with E-state index in [-0.39, 0.29) is 16.6 Å². The SMILES string of the molecule is CN(C)S(=O)(=O)c1cccc(NC(=O)CSc2nnc(N)s2)c1. The lowest BCUT2D eigenvalue weighted by Gasteiger charge is -2.12. The van der Waals surface area contributed by atoms with Crippen LogP contribution >= 0.6 is 23.1 Å². The van der Waals surface area contributed by atoms with Gasteiger partial charge in [-0.25, -0.2) is 12.7 Å². The van der Waals surface area contributed by atoms with Gasteiger partial charge in [-0.3, -0.25) is 4.79 Å². The second-order valence-electron chi connectivity index (χ2n) is 4.56. The second-order valence-corrected chi connectivity index (χ2v) is 8.94. The van der Waals surface area contributed by atoms with Crippen LogP contribution in [0.3, 0.4) is 0 Å². The minimum Gasteiger partial charge on any atom is -0.374 e. The van der Waals surface area contributed by atoms with E-state index in [1.807, 2.05) is 0 Å². The predicted octanol–water partition coefficient (Wildman–Crippen LogP) is 1.10. The molecule has 1 heterocycles. The van der Waals surface area contributed by atoms with Crippen molar-refractivity contribution in [2.24, 2.45) is 0 Å². The normalized spacial score (nSPS) is 11.6. The highest BCUT2D eigenvalue weighted by Gasteiger charge is 2.17. The Hall–Kier alpha value is -1.69. The maximum Gasteiger partial charge on any atom is 0.242 e. The maximum atomic E-state index is 12.1. The Morgan fingerprint density at radius 2 is 2.13 bits per heavy atom. The molecule has 23 heavy (non-hydrogen) atoms. The zero-order chi connectivity index (χ0) is 17.0. The van der Waals surface area contributed by atoms with Crippen LogP contribution < -0.4 is 11.1 Å². The van der Waals surface area contributed by atoms with E-state index in [9.17, 15) is 13.2 Å². The number of carbonyl (C=O) groups is 1. The van der Waals surface area contributed by atoms with Crippen LogP contribution in [-0.4, -0.2) is 48.7 Å². The van der Waals surface area contributed by atoms with Crippen molar-refractivity contribution in [3.8, 4) is 0 Å². The van der Waals surface area contributed by atoms with Gasteiger partial charge in [0, 0.05) is 19.8 Å². The van der Waals surface area contributed by atoms with Gasteiger partial charge in [-0.2, -0.15) is 0 Å². The number of nitrogens with two attached hydrogens (primary N) is 1. The van der Waals surface area contributed by atoms with Gasteiger partial charge in [0.05, 0.1) is 10.6 Å². The van der Waals surface area contributed by atoms with E-state index in [2.05, 4.69) is 15.5 Å². The van der Waals surface area contributed by atoms with E-state index in [0.29, 0.717) is 15.2 Å². The summed E-state index contributed by atoms with van der Waals surface area (Å²) >= 11 is 2.41. The first-order chi connectivity index (χ1) is 10.8. The highest BCUT2D eigenvalue weighted by Crippen LogP contribution is 2.24. The van der Waals surface area contributed by atoms with Crippen molar-refractivity contribution in [2.75, 3.05) is 30.9 Å². The monoisotopic (exact) mass is 373 g/mol. The van der Waals surface area contributed by atoms with Crippen molar-refractivity contribution in [3.63, 3.8) is 0 Å². The molecule has 0 aliphatic heterocycles. The molecule has 3 N–H and O–H groups in total. The number of rotatable bonds is 6. The molecule has 0 saturated heterocycles. The second kappa shape index (κ2) is 7.25. The molecular formula is C12H15N5O3S3. The van der Waals surface area contributed by atoms with Crippen LogP contribution in [0.1, 0.15) is 0 Å². The van der Waals surface area contributed by atoms with Gasteiger partial charge in [0.25, 0.3) is 0 Å². The van der Waals surface area contributed by atoms with E-state index in [1.54, 1.807) is 12.1 Å². The fourth-order valence-corrected chi connectivity index (χ4v) is 3.93. The molecule has 0 aliphatic carbocycles. The summed E-state index contributed by atoms with van der Waals surface area (Å²) in [6, 6.07) is 6.09. The average Bonchev–Trinajstić information content (AvgIpc) is 2.91. The smallest absolute Gasteiger partial charge is 0.242 e. The number of sulfonamides is 1. The van der Waals surface area contributed by atoms with Crippen LogP contribution in [-0.2, 0) is 14.8 Å². The summed E-state index contributed by atoms with van der Waals surface area (Å²) in [4.78, 5) is 12.0. The summed E-state index contributed by atoms with van der Waals surface area (Å²) in [7, 11) is -0.643. The topological polar surface area (TPSA) is 118 Å².